The Kier molecular flexibility index (Phi) is 14.5. The van der Waals surface area contributed by atoms with Gasteiger partial charge in [-0.1, -0.05) is 107 Å². The number of esters is 1. The van der Waals surface area contributed by atoms with Crippen LogP contribution in [-0.4, -0.2) is 33.8 Å². The number of ether oxygens (including phenoxy) is 1. The summed E-state index contributed by atoms with van der Waals surface area (Å²) in [5.74, 6) is -1.66. The van der Waals surface area contributed by atoms with Crippen LogP contribution >= 0.6 is 0 Å². The Hall–Kier alpha value is -2.70. The highest BCUT2D eigenvalue weighted by atomic mass is 16.6. The fourth-order valence-electron chi connectivity index (χ4n) is 4.59. The number of nitrogens with zero attached hydrogens (tertiary/aromatic N) is 1. The van der Waals surface area contributed by atoms with Crippen LogP contribution in [0.3, 0.4) is 0 Å². The maximum atomic E-state index is 12.5. The van der Waals surface area contributed by atoms with Gasteiger partial charge >= 0.3 is 11.9 Å². The second-order valence-electron chi connectivity index (χ2n) is 9.75. The van der Waals surface area contributed by atoms with Gasteiger partial charge in [-0.15, -0.1) is 0 Å². The molecule has 1 saturated heterocycles. The summed E-state index contributed by atoms with van der Waals surface area (Å²) in [6, 6.07) is 8.97. The molecule has 1 aromatic carbocycles. The van der Waals surface area contributed by atoms with Gasteiger partial charge in [-0.3, -0.25) is 19.2 Å². The molecule has 1 heterocycles. The van der Waals surface area contributed by atoms with Gasteiger partial charge in [-0.2, -0.15) is 0 Å². The summed E-state index contributed by atoms with van der Waals surface area (Å²) in [4.78, 5) is 48.4. The number of benzene rings is 1. The van der Waals surface area contributed by atoms with Crippen LogP contribution in [0.4, 0.5) is 0 Å². The number of rotatable bonds is 20. The van der Waals surface area contributed by atoms with E-state index in [1.165, 1.54) is 51.4 Å². The van der Waals surface area contributed by atoms with E-state index in [1.807, 2.05) is 6.07 Å². The van der Waals surface area contributed by atoms with Crippen molar-refractivity contribution in [1.29, 1.82) is 0 Å². The number of imide groups is 1. The minimum Gasteiger partial charge on any atom is -0.481 e. The number of carbonyl (C=O) groups excluding carboxylic acids is 3. The van der Waals surface area contributed by atoms with Crippen molar-refractivity contribution in [3.8, 4) is 0 Å². The van der Waals surface area contributed by atoms with Gasteiger partial charge in [0.15, 0.2) is 0 Å². The Morgan fingerprint density at radius 3 is 1.56 bits per heavy atom. The van der Waals surface area contributed by atoms with Crippen molar-refractivity contribution in [3.63, 3.8) is 0 Å². The van der Waals surface area contributed by atoms with E-state index in [2.05, 4.69) is 0 Å². The molecule has 2 rings (SSSR count). The lowest BCUT2D eigenvalue weighted by Crippen LogP contribution is -2.36. The molecule has 36 heavy (non-hydrogen) atoms. The number of likely N-dealkylation sites (tertiary alicyclic amines) is 1. The first-order valence-electron chi connectivity index (χ1n) is 13.8. The van der Waals surface area contributed by atoms with Gasteiger partial charge in [0.2, 0.25) is 18.0 Å². The normalized spacial score (nSPS) is 14.3. The van der Waals surface area contributed by atoms with Crippen molar-refractivity contribution < 1.29 is 29.0 Å². The summed E-state index contributed by atoms with van der Waals surface area (Å²) in [6.07, 6.45) is 15.6. The molecule has 1 unspecified atom stereocenters. The van der Waals surface area contributed by atoms with Crippen molar-refractivity contribution >= 4 is 23.8 Å². The number of unbranched alkanes of at least 4 members (excludes halogenated alkanes) is 13. The standard InChI is InChI=1S/C29H43NO6/c31-25-22-23-26(32)30(25)29(24-18-14-13-15-19-24)36-28(35)21-17-12-10-8-6-4-2-1-3-5-7-9-11-16-20-27(33)34/h13-15,18-19,29H,1-12,16-17,20-23H2,(H,33,34). The predicted octanol–water partition coefficient (Wildman–Crippen LogP) is 6.70. The monoisotopic (exact) mass is 501 g/mol. The maximum absolute atomic E-state index is 12.5. The van der Waals surface area contributed by atoms with E-state index in [0.717, 1.165) is 43.4 Å². The number of amides is 2. The van der Waals surface area contributed by atoms with Gasteiger partial charge in [0.1, 0.15) is 0 Å². The Bertz CT molecular complexity index is 793. The van der Waals surface area contributed by atoms with Gasteiger partial charge in [0, 0.05) is 31.2 Å². The van der Waals surface area contributed by atoms with E-state index in [-0.39, 0.29) is 37.0 Å². The lowest BCUT2D eigenvalue weighted by molar-refractivity contribution is -0.168. The summed E-state index contributed by atoms with van der Waals surface area (Å²) >= 11 is 0. The lowest BCUT2D eigenvalue weighted by Gasteiger charge is -2.26. The minimum atomic E-state index is -0.974. The molecule has 2 amide bonds. The fraction of sp³-hybridized carbons (Fsp3) is 0.655. The molecule has 1 aliphatic rings. The third kappa shape index (κ3) is 11.8. The van der Waals surface area contributed by atoms with Crippen LogP contribution in [0.5, 0.6) is 0 Å². The highest BCUT2D eigenvalue weighted by Gasteiger charge is 2.38. The smallest absolute Gasteiger partial charge is 0.307 e. The van der Waals surface area contributed by atoms with Crippen molar-refractivity contribution in [2.24, 2.45) is 0 Å². The molecular formula is C29H43NO6. The molecule has 7 heteroatoms. The predicted molar refractivity (Wildman–Crippen MR) is 138 cm³/mol. The zero-order valence-electron chi connectivity index (χ0n) is 21.6. The van der Waals surface area contributed by atoms with Crippen molar-refractivity contribution in [1.82, 2.24) is 4.90 Å². The summed E-state index contributed by atoms with van der Waals surface area (Å²) in [5, 5.41) is 8.61. The first-order valence-corrected chi connectivity index (χ1v) is 13.8. The topological polar surface area (TPSA) is 101 Å². The number of carboxylic acid groups (broad SMARTS) is 1. The molecule has 0 radical (unpaired) electrons. The average molecular weight is 502 g/mol. The maximum Gasteiger partial charge on any atom is 0.307 e. The quantitative estimate of drug-likeness (QED) is 0.121. The summed E-state index contributed by atoms with van der Waals surface area (Å²) in [5.41, 5.74) is 0.630. The zero-order valence-corrected chi connectivity index (χ0v) is 21.6. The van der Waals surface area contributed by atoms with Crippen LogP contribution in [0, 0.1) is 0 Å². The van der Waals surface area contributed by atoms with E-state index in [9.17, 15) is 19.2 Å². The molecule has 0 spiro atoms. The van der Waals surface area contributed by atoms with Crippen LogP contribution in [0.2, 0.25) is 0 Å². The van der Waals surface area contributed by atoms with E-state index in [0.29, 0.717) is 12.0 Å². The van der Waals surface area contributed by atoms with Crippen LogP contribution in [0.15, 0.2) is 30.3 Å². The van der Waals surface area contributed by atoms with Crippen LogP contribution < -0.4 is 0 Å². The molecular weight excluding hydrogens is 458 g/mol. The molecule has 0 saturated carbocycles. The number of carbonyl (C=O) groups is 4. The van der Waals surface area contributed by atoms with Gasteiger partial charge in [0.25, 0.3) is 0 Å². The van der Waals surface area contributed by atoms with Crippen molar-refractivity contribution in [2.45, 2.75) is 122 Å². The Morgan fingerprint density at radius 2 is 1.11 bits per heavy atom. The molecule has 200 valence electrons. The second-order valence-corrected chi connectivity index (χ2v) is 9.75. The summed E-state index contributed by atoms with van der Waals surface area (Å²) in [6.45, 7) is 0. The van der Waals surface area contributed by atoms with E-state index < -0.39 is 12.2 Å². The molecule has 1 N–H and O–H groups in total. The van der Waals surface area contributed by atoms with Gasteiger partial charge < -0.3 is 9.84 Å². The van der Waals surface area contributed by atoms with Gasteiger partial charge in [-0.25, -0.2) is 4.90 Å². The van der Waals surface area contributed by atoms with Crippen LogP contribution in [-0.2, 0) is 23.9 Å². The van der Waals surface area contributed by atoms with Crippen LogP contribution in [0.1, 0.15) is 127 Å². The zero-order chi connectivity index (χ0) is 26.0. The molecule has 1 aliphatic heterocycles. The highest BCUT2D eigenvalue weighted by Crippen LogP contribution is 2.28. The van der Waals surface area contributed by atoms with E-state index in [1.54, 1.807) is 24.3 Å². The largest absolute Gasteiger partial charge is 0.481 e. The third-order valence-corrected chi connectivity index (χ3v) is 6.67. The molecule has 0 bridgehead atoms. The summed E-state index contributed by atoms with van der Waals surface area (Å²) in [7, 11) is 0. The lowest BCUT2D eigenvalue weighted by atomic mass is 10.0. The summed E-state index contributed by atoms with van der Waals surface area (Å²) < 4.78 is 5.61. The van der Waals surface area contributed by atoms with Gasteiger partial charge in [-0.05, 0) is 12.8 Å². The number of aliphatic carboxylic acids is 1. The Morgan fingerprint density at radius 1 is 0.694 bits per heavy atom. The minimum absolute atomic E-state index is 0.163. The molecule has 1 aromatic rings. The van der Waals surface area contributed by atoms with Gasteiger partial charge in [0.05, 0.1) is 0 Å². The Labute approximate surface area is 215 Å². The SMILES string of the molecule is O=C(O)CCCCCCCCCCCCCCCCC(=O)OC(c1ccccc1)N1C(=O)CCC1=O. The first-order chi connectivity index (χ1) is 17.5. The van der Waals surface area contributed by atoms with Crippen molar-refractivity contribution in [2.75, 3.05) is 0 Å². The molecule has 0 aromatic heterocycles. The number of hydrogen-bond donors (Lipinski definition) is 1. The molecule has 1 atom stereocenters. The van der Waals surface area contributed by atoms with Crippen LogP contribution in [0.25, 0.3) is 0 Å². The second kappa shape index (κ2) is 17.7. The van der Waals surface area contributed by atoms with E-state index >= 15 is 0 Å². The molecule has 0 aliphatic carbocycles. The van der Waals surface area contributed by atoms with Crippen molar-refractivity contribution in [3.05, 3.63) is 35.9 Å². The number of hydrogen-bond acceptors (Lipinski definition) is 5. The molecule has 1 fully saturated rings. The number of carboxylic acids is 1. The highest BCUT2D eigenvalue weighted by molar-refractivity contribution is 6.02. The molecule has 7 nitrogen and oxygen atoms in total. The first kappa shape index (κ1) is 29.5. The fourth-order valence-corrected chi connectivity index (χ4v) is 4.59. The Balaban J connectivity index is 1.49. The third-order valence-electron chi connectivity index (χ3n) is 6.67. The van der Waals surface area contributed by atoms with E-state index in [4.69, 9.17) is 9.84 Å². The average Bonchev–Trinajstić information content (AvgIpc) is 3.20.